The van der Waals surface area contributed by atoms with Crippen LogP contribution in [0.3, 0.4) is 0 Å². The topological polar surface area (TPSA) is 67.2 Å². The van der Waals surface area contributed by atoms with Gasteiger partial charge in [0.15, 0.2) is 5.82 Å². The van der Waals surface area contributed by atoms with E-state index >= 15 is 0 Å². The lowest BCUT2D eigenvalue weighted by Gasteiger charge is -2.30. The molecule has 1 aliphatic rings. The van der Waals surface area contributed by atoms with Crippen molar-refractivity contribution in [2.24, 2.45) is 5.92 Å². The molecule has 0 bridgehead atoms. The van der Waals surface area contributed by atoms with Crippen LogP contribution < -0.4 is 10.5 Å². The number of nitrogens with zero attached hydrogens (tertiary/aromatic N) is 2. The number of nitrogens with one attached hydrogen (secondary N) is 1. The van der Waals surface area contributed by atoms with Gasteiger partial charge < -0.3 is 15.4 Å². The van der Waals surface area contributed by atoms with Crippen LogP contribution in [0.15, 0.2) is 12.1 Å². The minimum absolute atomic E-state index is 0.181. The van der Waals surface area contributed by atoms with Gasteiger partial charge in [0, 0.05) is 12.1 Å². The van der Waals surface area contributed by atoms with E-state index < -0.39 is 5.82 Å². The maximum Gasteiger partial charge on any atom is 0.156 e. The summed E-state index contributed by atoms with van der Waals surface area (Å²) in [7, 11) is 0. The highest BCUT2D eigenvalue weighted by Crippen LogP contribution is 2.27. The number of rotatable bonds is 4. The van der Waals surface area contributed by atoms with E-state index in [-0.39, 0.29) is 5.82 Å². The van der Waals surface area contributed by atoms with Crippen LogP contribution in [0.4, 0.5) is 10.2 Å². The van der Waals surface area contributed by atoms with Crippen LogP contribution in [0.5, 0.6) is 5.75 Å². The Kier molecular flexibility index (Phi) is 3.96. The molecule has 0 spiro atoms. The van der Waals surface area contributed by atoms with Crippen LogP contribution in [-0.2, 0) is 0 Å². The number of nitrogen functional groups attached to an aromatic ring is 1. The number of hydrogen-bond donors (Lipinski definition) is 2. The molecule has 0 radical (unpaired) electrons. The lowest BCUT2D eigenvalue weighted by Crippen LogP contribution is -2.35. The minimum atomic E-state index is -0.394. The van der Waals surface area contributed by atoms with E-state index in [1.165, 1.54) is 6.07 Å². The number of piperidine rings is 1. The number of H-pyrrole nitrogens is 1. The summed E-state index contributed by atoms with van der Waals surface area (Å²) in [5.74, 6) is 0.857. The summed E-state index contributed by atoms with van der Waals surface area (Å²) in [6.45, 7) is 6.16. The van der Waals surface area contributed by atoms with Gasteiger partial charge in [0.25, 0.3) is 0 Å². The van der Waals surface area contributed by atoms with E-state index in [1.54, 1.807) is 6.07 Å². The first-order valence-corrected chi connectivity index (χ1v) is 7.45. The summed E-state index contributed by atoms with van der Waals surface area (Å²) < 4.78 is 19.7. The van der Waals surface area contributed by atoms with Gasteiger partial charge in [-0.2, -0.15) is 5.10 Å². The molecule has 21 heavy (non-hydrogen) atoms. The largest absolute Gasteiger partial charge is 0.493 e. The molecule has 2 heterocycles. The number of nitrogens with two attached hydrogens (primary N) is 1. The summed E-state index contributed by atoms with van der Waals surface area (Å²) in [4.78, 5) is 2.44. The van der Waals surface area contributed by atoms with Gasteiger partial charge in [-0.15, -0.1) is 0 Å². The van der Waals surface area contributed by atoms with Crippen molar-refractivity contribution in [3.63, 3.8) is 0 Å². The number of likely N-dealkylation sites (tertiary alicyclic amines) is 1. The Balaban J connectivity index is 1.63. The first-order valence-electron chi connectivity index (χ1n) is 7.45. The Morgan fingerprint density at radius 3 is 2.90 bits per heavy atom. The molecule has 3 N–H and O–H groups in total. The zero-order valence-corrected chi connectivity index (χ0v) is 12.2. The molecule has 0 unspecified atom stereocenters. The molecule has 1 aromatic heterocycles. The fraction of sp³-hybridized carbons (Fsp3) is 0.533. The first kappa shape index (κ1) is 14.1. The molecule has 2 aromatic rings. The SMILES string of the molecule is CCN1CCC(COc2cc(F)c3c(N)n[nH]c3c2)CC1. The normalized spacial score (nSPS) is 17.4. The zero-order chi connectivity index (χ0) is 14.8. The lowest BCUT2D eigenvalue weighted by atomic mass is 9.98. The Hall–Kier alpha value is -1.82. The average Bonchev–Trinajstić information content (AvgIpc) is 2.87. The first-order chi connectivity index (χ1) is 10.2. The van der Waals surface area contributed by atoms with Crippen molar-refractivity contribution in [1.82, 2.24) is 15.1 Å². The standard InChI is InChI=1S/C15H21FN4O/c1-2-20-5-3-10(4-6-20)9-21-11-7-12(16)14-13(8-11)18-19-15(14)17/h7-8,10H,2-6,9H2,1H3,(H3,17,18,19). The molecule has 3 rings (SSSR count). The molecule has 0 amide bonds. The second kappa shape index (κ2) is 5.89. The van der Waals surface area contributed by atoms with Gasteiger partial charge in [-0.1, -0.05) is 6.92 Å². The van der Waals surface area contributed by atoms with E-state index in [4.69, 9.17) is 10.5 Å². The molecule has 5 nitrogen and oxygen atoms in total. The van der Waals surface area contributed by atoms with Crippen molar-refractivity contribution >= 4 is 16.7 Å². The molecule has 1 aliphatic heterocycles. The molecule has 0 atom stereocenters. The average molecular weight is 292 g/mol. The highest BCUT2D eigenvalue weighted by molar-refractivity contribution is 5.90. The Bertz CT molecular complexity index is 619. The van der Waals surface area contributed by atoms with E-state index in [9.17, 15) is 4.39 Å². The monoisotopic (exact) mass is 292 g/mol. The number of hydrogen-bond acceptors (Lipinski definition) is 4. The van der Waals surface area contributed by atoms with Crippen molar-refractivity contribution in [2.75, 3.05) is 32.0 Å². The summed E-state index contributed by atoms with van der Waals surface area (Å²) in [6, 6.07) is 3.14. The van der Waals surface area contributed by atoms with Gasteiger partial charge in [-0.05, 0) is 38.4 Å². The van der Waals surface area contributed by atoms with Crippen molar-refractivity contribution < 1.29 is 9.13 Å². The Morgan fingerprint density at radius 1 is 1.43 bits per heavy atom. The van der Waals surface area contributed by atoms with Crippen LogP contribution in [0.25, 0.3) is 10.9 Å². The van der Waals surface area contributed by atoms with Crippen molar-refractivity contribution in [2.45, 2.75) is 19.8 Å². The highest BCUT2D eigenvalue weighted by atomic mass is 19.1. The quantitative estimate of drug-likeness (QED) is 0.908. The van der Waals surface area contributed by atoms with Crippen LogP contribution in [-0.4, -0.2) is 41.3 Å². The van der Waals surface area contributed by atoms with E-state index in [1.807, 2.05) is 0 Å². The van der Waals surface area contributed by atoms with Gasteiger partial charge in [0.1, 0.15) is 11.6 Å². The fourth-order valence-electron chi connectivity index (χ4n) is 2.87. The third-order valence-electron chi connectivity index (χ3n) is 4.26. The summed E-state index contributed by atoms with van der Waals surface area (Å²) in [5.41, 5.74) is 6.19. The molecule has 114 valence electrons. The summed E-state index contributed by atoms with van der Waals surface area (Å²) in [6.07, 6.45) is 2.27. The molecular weight excluding hydrogens is 271 g/mol. The predicted octanol–water partition coefficient (Wildman–Crippen LogP) is 2.39. The van der Waals surface area contributed by atoms with Gasteiger partial charge in [0.2, 0.25) is 0 Å². The second-order valence-corrected chi connectivity index (χ2v) is 5.63. The van der Waals surface area contributed by atoms with Crippen LogP contribution >= 0.6 is 0 Å². The number of aromatic amines is 1. The van der Waals surface area contributed by atoms with Crippen LogP contribution in [0.1, 0.15) is 19.8 Å². The maximum atomic E-state index is 14.0. The number of halogens is 1. The number of ether oxygens (including phenoxy) is 1. The molecule has 1 aromatic carbocycles. The number of fused-ring (bicyclic) bond motifs is 1. The van der Waals surface area contributed by atoms with Crippen molar-refractivity contribution in [3.8, 4) is 5.75 Å². The number of anilines is 1. The summed E-state index contributed by atoms with van der Waals surface area (Å²) >= 11 is 0. The van der Waals surface area contributed by atoms with Crippen molar-refractivity contribution in [3.05, 3.63) is 17.9 Å². The van der Waals surface area contributed by atoms with E-state index in [0.717, 1.165) is 32.5 Å². The molecule has 1 fully saturated rings. The molecule has 6 heteroatoms. The van der Waals surface area contributed by atoms with Crippen LogP contribution in [0, 0.1) is 11.7 Å². The van der Waals surface area contributed by atoms with Crippen LogP contribution in [0.2, 0.25) is 0 Å². The third-order valence-corrected chi connectivity index (χ3v) is 4.26. The zero-order valence-electron chi connectivity index (χ0n) is 12.2. The third kappa shape index (κ3) is 2.95. The van der Waals surface area contributed by atoms with Crippen molar-refractivity contribution in [1.29, 1.82) is 0 Å². The molecule has 1 saturated heterocycles. The fourth-order valence-corrected chi connectivity index (χ4v) is 2.87. The predicted molar refractivity (Wildman–Crippen MR) is 80.8 cm³/mol. The van der Waals surface area contributed by atoms with Gasteiger partial charge >= 0.3 is 0 Å². The van der Waals surface area contributed by atoms with Gasteiger partial charge in [-0.25, -0.2) is 4.39 Å². The maximum absolute atomic E-state index is 14.0. The van der Waals surface area contributed by atoms with E-state index in [2.05, 4.69) is 22.0 Å². The molecular formula is C15H21FN4O. The van der Waals surface area contributed by atoms with Gasteiger partial charge in [-0.3, -0.25) is 5.10 Å². The second-order valence-electron chi connectivity index (χ2n) is 5.63. The Morgan fingerprint density at radius 2 is 2.19 bits per heavy atom. The molecule has 0 saturated carbocycles. The smallest absolute Gasteiger partial charge is 0.156 e. The molecule has 0 aliphatic carbocycles. The lowest BCUT2D eigenvalue weighted by molar-refractivity contribution is 0.146. The highest BCUT2D eigenvalue weighted by Gasteiger charge is 2.19. The minimum Gasteiger partial charge on any atom is -0.493 e. The number of aromatic nitrogens is 2. The Labute approximate surface area is 123 Å². The van der Waals surface area contributed by atoms with Gasteiger partial charge in [0.05, 0.1) is 17.5 Å². The van der Waals surface area contributed by atoms with E-state index in [0.29, 0.717) is 29.2 Å². The summed E-state index contributed by atoms with van der Waals surface area (Å²) in [5, 5.41) is 6.87. The number of benzene rings is 1.